The second kappa shape index (κ2) is 9.00. The molecule has 0 aliphatic heterocycles. The second-order valence-corrected chi connectivity index (χ2v) is 6.67. The number of amides is 1. The maximum Gasteiger partial charge on any atom is 0.251 e. The molecule has 0 bridgehead atoms. The van der Waals surface area contributed by atoms with Crippen LogP contribution in [0.15, 0.2) is 85.5 Å². The molecule has 7 heteroatoms. The third-order valence-electron chi connectivity index (χ3n) is 4.68. The van der Waals surface area contributed by atoms with Crippen molar-refractivity contribution < 1.29 is 9.18 Å². The lowest BCUT2D eigenvalue weighted by molar-refractivity contribution is 0.0950. The molecule has 1 amide bonds. The molecule has 0 fully saturated rings. The number of hydrogen-bond acceptors (Lipinski definition) is 4. The van der Waals surface area contributed by atoms with Gasteiger partial charge in [-0.05, 0) is 42.0 Å². The number of carbonyl (C=O) groups excluding carboxylic acids is 1. The summed E-state index contributed by atoms with van der Waals surface area (Å²) in [6.07, 6.45) is 3.16. The second-order valence-electron chi connectivity index (χ2n) is 6.67. The van der Waals surface area contributed by atoms with Crippen LogP contribution in [0.4, 0.5) is 10.1 Å². The maximum atomic E-state index is 13.7. The quantitative estimate of drug-likeness (QED) is 0.492. The van der Waals surface area contributed by atoms with Gasteiger partial charge in [-0.15, -0.1) is 0 Å². The van der Waals surface area contributed by atoms with Crippen molar-refractivity contribution in [2.45, 2.75) is 13.1 Å². The van der Waals surface area contributed by atoms with Crippen molar-refractivity contribution in [3.63, 3.8) is 0 Å². The number of halogens is 1. The van der Waals surface area contributed by atoms with Crippen molar-refractivity contribution in [1.29, 1.82) is 0 Å². The van der Waals surface area contributed by atoms with Crippen LogP contribution in [0.1, 0.15) is 21.5 Å². The fourth-order valence-corrected chi connectivity index (χ4v) is 3.07. The number of hydrogen-bond donors (Lipinski definition) is 2. The molecule has 4 rings (SSSR count). The number of benzene rings is 3. The van der Waals surface area contributed by atoms with E-state index in [4.69, 9.17) is 0 Å². The van der Waals surface area contributed by atoms with E-state index < -0.39 is 0 Å². The summed E-state index contributed by atoms with van der Waals surface area (Å²) in [7, 11) is 0. The van der Waals surface area contributed by atoms with Crippen molar-refractivity contribution in [3.05, 3.63) is 108 Å². The van der Waals surface area contributed by atoms with Crippen LogP contribution in [-0.2, 0) is 13.1 Å². The molecule has 30 heavy (non-hydrogen) atoms. The Morgan fingerprint density at radius 2 is 1.63 bits per heavy atom. The van der Waals surface area contributed by atoms with Gasteiger partial charge in [-0.1, -0.05) is 36.4 Å². The molecule has 0 saturated carbocycles. The Balaban J connectivity index is 1.36. The standard InChI is InChI=1S/C23H20FN5O/c24-21-7-3-1-5-18(21)13-27-23(30)17-9-11-20(12-10-17)26-14-19-6-2-4-8-22(19)29-16-25-15-28-29/h1-12,15-16,26H,13-14H2,(H,27,30). The Morgan fingerprint density at radius 1 is 0.900 bits per heavy atom. The van der Waals surface area contributed by atoms with Crippen LogP contribution >= 0.6 is 0 Å². The molecule has 0 radical (unpaired) electrons. The van der Waals surface area contributed by atoms with Gasteiger partial charge in [0.1, 0.15) is 18.5 Å². The van der Waals surface area contributed by atoms with Crippen molar-refractivity contribution in [2.24, 2.45) is 0 Å². The number of nitrogens with one attached hydrogen (secondary N) is 2. The highest BCUT2D eigenvalue weighted by atomic mass is 19.1. The number of anilines is 1. The van der Waals surface area contributed by atoms with E-state index in [1.165, 1.54) is 12.4 Å². The molecule has 0 spiro atoms. The van der Waals surface area contributed by atoms with Gasteiger partial charge in [-0.3, -0.25) is 4.79 Å². The van der Waals surface area contributed by atoms with Gasteiger partial charge in [0.15, 0.2) is 0 Å². The Hall–Kier alpha value is -4.00. The molecule has 3 aromatic carbocycles. The molecule has 0 aliphatic rings. The zero-order valence-electron chi connectivity index (χ0n) is 16.1. The molecule has 4 aromatic rings. The van der Waals surface area contributed by atoms with Gasteiger partial charge in [-0.2, -0.15) is 5.10 Å². The van der Waals surface area contributed by atoms with Gasteiger partial charge >= 0.3 is 0 Å². The molecule has 0 atom stereocenters. The van der Waals surface area contributed by atoms with Crippen LogP contribution in [0, 0.1) is 5.82 Å². The molecule has 0 aliphatic carbocycles. The average Bonchev–Trinajstić information content (AvgIpc) is 3.32. The fraction of sp³-hybridized carbons (Fsp3) is 0.0870. The Bertz CT molecular complexity index is 1130. The molecule has 6 nitrogen and oxygen atoms in total. The number of nitrogens with zero attached hydrogens (tertiary/aromatic N) is 3. The Labute approximate surface area is 173 Å². The minimum Gasteiger partial charge on any atom is -0.381 e. The minimum absolute atomic E-state index is 0.143. The Kier molecular flexibility index (Phi) is 5.80. The van der Waals surface area contributed by atoms with Crippen LogP contribution < -0.4 is 10.6 Å². The zero-order valence-corrected chi connectivity index (χ0v) is 16.1. The highest BCUT2D eigenvalue weighted by molar-refractivity contribution is 5.94. The molecule has 0 unspecified atom stereocenters. The summed E-state index contributed by atoms with van der Waals surface area (Å²) >= 11 is 0. The van der Waals surface area contributed by atoms with E-state index in [2.05, 4.69) is 20.7 Å². The first-order valence-corrected chi connectivity index (χ1v) is 9.49. The van der Waals surface area contributed by atoms with E-state index in [1.54, 1.807) is 41.3 Å². The molecule has 150 valence electrons. The van der Waals surface area contributed by atoms with Gasteiger partial charge in [0.2, 0.25) is 0 Å². The summed E-state index contributed by atoms with van der Waals surface area (Å²) < 4.78 is 15.4. The molecule has 2 N–H and O–H groups in total. The third kappa shape index (κ3) is 4.52. The molecule has 1 heterocycles. The average molecular weight is 401 g/mol. The molecule has 1 aromatic heterocycles. The number of aromatic nitrogens is 3. The Morgan fingerprint density at radius 3 is 2.37 bits per heavy atom. The molecule has 0 saturated heterocycles. The first kappa shape index (κ1) is 19.3. The van der Waals surface area contributed by atoms with Crippen LogP contribution in [0.25, 0.3) is 5.69 Å². The summed E-state index contributed by atoms with van der Waals surface area (Å²) in [4.78, 5) is 16.3. The van der Waals surface area contributed by atoms with Crippen LogP contribution in [0.5, 0.6) is 0 Å². The van der Waals surface area contributed by atoms with Crippen LogP contribution in [-0.4, -0.2) is 20.7 Å². The van der Waals surface area contributed by atoms with Gasteiger partial charge < -0.3 is 10.6 Å². The lowest BCUT2D eigenvalue weighted by atomic mass is 10.1. The van der Waals surface area contributed by atoms with Crippen molar-refractivity contribution >= 4 is 11.6 Å². The monoisotopic (exact) mass is 401 g/mol. The highest BCUT2D eigenvalue weighted by Crippen LogP contribution is 2.16. The SMILES string of the molecule is O=C(NCc1ccccc1F)c1ccc(NCc2ccccc2-n2cncn2)cc1. The predicted molar refractivity (Wildman–Crippen MR) is 113 cm³/mol. The van der Waals surface area contributed by atoms with E-state index in [-0.39, 0.29) is 18.3 Å². The zero-order chi connectivity index (χ0) is 20.8. The van der Waals surface area contributed by atoms with Crippen molar-refractivity contribution in [2.75, 3.05) is 5.32 Å². The van der Waals surface area contributed by atoms with E-state index in [9.17, 15) is 9.18 Å². The van der Waals surface area contributed by atoms with Crippen molar-refractivity contribution in [1.82, 2.24) is 20.1 Å². The minimum atomic E-state index is -0.330. The lowest BCUT2D eigenvalue weighted by Gasteiger charge is -2.12. The van der Waals surface area contributed by atoms with Crippen LogP contribution in [0.3, 0.4) is 0 Å². The maximum absolute atomic E-state index is 13.7. The largest absolute Gasteiger partial charge is 0.381 e. The van der Waals surface area contributed by atoms with E-state index in [1.807, 2.05) is 36.4 Å². The summed E-state index contributed by atoms with van der Waals surface area (Å²) in [6, 6.07) is 21.5. The van der Waals surface area contributed by atoms with E-state index in [0.717, 1.165) is 16.9 Å². The summed E-state index contributed by atoms with van der Waals surface area (Å²) in [5.74, 6) is -0.579. The van der Waals surface area contributed by atoms with E-state index >= 15 is 0 Å². The smallest absolute Gasteiger partial charge is 0.251 e. The normalized spacial score (nSPS) is 10.6. The predicted octanol–water partition coefficient (Wildman–Crippen LogP) is 3.95. The molecular formula is C23H20FN5O. The number of rotatable bonds is 7. The first-order chi connectivity index (χ1) is 14.7. The third-order valence-corrected chi connectivity index (χ3v) is 4.68. The summed E-state index contributed by atoms with van der Waals surface area (Å²) in [6.45, 7) is 0.736. The van der Waals surface area contributed by atoms with Crippen LogP contribution in [0.2, 0.25) is 0 Å². The van der Waals surface area contributed by atoms with Gasteiger partial charge in [0.05, 0.1) is 5.69 Å². The van der Waals surface area contributed by atoms with Gasteiger partial charge in [0.25, 0.3) is 5.91 Å². The first-order valence-electron chi connectivity index (χ1n) is 9.49. The lowest BCUT2D eigenvalue weighted by Crippen LogP contribution is -2.23. The summed E-state index contributed by atoms with van der Waals surface area (Å²) in [5, 5.41) is 10.3. The van der Waals surface area contributed by atoms with Gasteiger partial charge in [-0.25, -0.2) is 14.1 Å². The fourth-order valence-electron chi connectivity index (χ4n) is 3.07. The number of para-hydroxylation sites is 1. The summed E-state index contributed by atoms with van der Waals surface area (Å²) in [5.41, 5.74) is 3.87. The molecular weight excluding hydrogens is 381 g/mol. The van der Waals surface area contributed by atoms with Crippen molar-refractivity contribution in [3.8, 4) is 5.69 Å². The highest BCUT2D eigenvalue weighted by Gasteiger charge is 2.08. The topological polar surface area (TPSA) is 71.8 Å². The van der Waals surface area contributed by atoms with Gasteiger partial charge in [0, 0.05) is 29.9 Å². The number of carbonyl (C=O) groups is 1. The van der Waals surface area contributed by atoms with E-state index in [0.29, 0.717) is 17.7 Å².